The first kappa shape index (κ1) is 10.6. The van der Waals surface area contributed by atoms with Gasteiger partial charge in [-0.15, -0.1) is 0 Å². The van der Waals surface area contributed by atoms with E-state index >= 15 is 0 Å². The van der Waals surface area contributed by atoms with Gasteiger partial charge in [0.25, 0.3) is 0 Å². The van der Waals surface area contributed by atoms with Crippen LogP contribution in [0.15, 0.2) is 18.2 Å². The maximum Gasteiger partial charge on any atom is 0.126 e. The Hall–Kier alpha value is -0.500. The Kier molecular flexibility index (Phi) is 3.79. The predicted octanol–water partition coefficient (Wildman–Crippen LogP) is 3.56. The fourth-order valence-electron chi connectivity index (χ4n) is 1.33. The Labute approximate surface area is 84.6 Å². The molecule has 0 nitrogen and oxygen atoms in total. The molecule has 0 aliphatic heterocycles. The molecule has 1 rings (SSSR count). The lowest BCUT2D eigenvalue weighted by Crippen LogP contribution is -1.96. The smallest absolute Gasteiger partial charge is 0.126 e. The highest BCUT2D eigenvalue weighted by Gasteiger charge is 2.05. The summed E-state index contributed by atoms with van der Waals surface area (Å²) in [5.41, 5.74) is 1.93. The highest BCUT2D eigenvalue weighted by Crippen LogP contribution is 2.21. The van der Waals surface area contributed by atoms with Gasteiger partial charge in [0, 0.05) is 0 Å². The number of hydrogen-bond acceptors (Lipinski definition) is 1. The summed E-state index contributed by atoms with van der Waals surface area (Å²) < 4.78 is 12.9. The van der Waals surface area contributed by atoms with E-state index in [1.54, 1.807) is 13.0 Å². The third kappa shape index (κ3) is 2.73. The molecule has 0 N–H and O–H groups in total. The highest BCUT2D eigenvalue weighted by molar-refractivity contribution is 7.80. The average Bonchev–Trinajstić information content (AvgIpc) is 2.10. The Morgan fingerprint density at radius 1 is 1.46 bits per heavy atom. The summed E-state index contributed by atoms with van der Waals surface area (Å²) in [4.78, 5) is 0. The van der Waals surface area contributed by atoms with Crippen molar-refractivity contribution in [3.05, 3.63) is 35.1 Å². The van der Waals surface area contributed by atoms with Gasteiger partial charge < -0.3 is 0 Å². The molecule has 1 aromatic rings. The number of rotatable bonds is 3. The van der Waals surface area contributed by atoms with Gasteiger partial charge in [-0.1, -0.05) is 19.1 Å². The predicted molar refractivity (Wildman–Crippen MR) is 58.0 cm³/mol. The molecule has 0 aliphatic rings. The standard InChI is InChI=1S/C11H15FS/c1-8(5-6-13)10-3-4-11(12)9(2)7-10/h3-4,7-8,13H,5-6H2,1-2H3. The molecule has 1 aromatic carbocycles. The number of benzene rings is 1. The van der Waals surface area contributed by atoms with E-state index in [2.05, 4.69) is 19.6 Å². The molecule has 0 saturated heterocycles. The summed E-state index contributed by atoms with van der Waals surface area (Å²) in [6, 6.07) is 5.32. The first-order chi connectivity index (χ1) is 6.15. The second kappa shape index (κ2) is 4.66. The Morgan fingerprint density at radius 2 is 2.15 bits per heavy atom. The van der Waals surface area contributed by atoms with Crippen molar-refractivity contribution in [2.45, 2.75) is 26.2 Å². The van der Waals surface area contributed by atoms with Crippen molar-refractivity contribution in [3.8, 4) is 0 Å². The van der Waals surface area contributed by atoms with Crippen LogP contribution in [0.2, 0.25) is 0 Å². The normalized spacial score (nSPS) is 12.9. The van der Waals surface area contributed by atoms with Crippen molar-refractivity contribution in [2.75, 3.05) is 5.75 Å². The minimum atomic E-state index is -0.123. The zero-order valence-corrected chi connectivity index (χ0v) is 8.94. The molecular formula is C11H15FS. The van der Waals surface area contributed by atoms with Gasteiger partial charge >= 0.3 is 0 Å². The minimum absolute atomic E-state index is 0.123. The largest absolute Gasteiger partial charge is 0.207 e. The van der Waals surface area contributed by atoms with Gasteiger partial charge in [0.1, 0.15) is 5.82 Å². The molecular weight excluding hydrogens is 183 g/mol. The van der Waals surface area contributed by atoms with E-state index in [1.807, 2.05) is 12.1 Å². The lowest BCUT2D eigenvalue weighted by atomic mass is 9.97. The first-order valence-electron chi connectivity index (χ1n) is 4.52. The number of halogens is 1. The molecule has 0 spiro atoms. The van der Waals surface area contributed by atoms with E-state index in [9.17, 15) is 4.39 Å². The lowest BCUT2D eigenvalue weighted by Gasteiger charge is -2.10. The quantitative estimate of drug-likeness (QED) is 0.705. The lowest BCUT2D eigenvalue weighted by molar-refractivity contribution is 0.615. The molecule has 72 valence electrons. The monoisotopic (exact) mass is 198 g/mol. The summed E-state index contributed by atoms with van der Waals surface area (Å²) >= 11 is 4.18. The van der Waals surface area contributed by atoms with E-state index in [-0.39, 0.29) is 5.82 Å². The molecule has 1 unspecified atom stereocenters. The molecule has 0 amide bonds. The molecule has 2 heteroatoms. The van der Waals surface area contributed by atoms with Crippen molar-refractivity contribution in [3.63, 3.8) is 0 Å². The molecule has 0 heterocycles. The van der Waals surface area contributed by atoms with Gasteiger partial charge in [-0.05, 0) is 42.2 Å². The van der Waals surface area contributed by atoms with Crippen molar-refractivity contribution >= 4 is 12.6 Å². The molecule has 13 heavy (non-hydrogen) atoms. The highest BCUT2D eigenvalue weighted by atomic mass is 32.1. The maximum absolute atomic E-state index is 12.9. The molecule has 0 aromatic heterocycles. The fourth-order valence-corrected chi connectivity index (χ4v) is 1.72. The number of aryl methyl sites for hydroxylation is 1. The summed E-state index contributed by atoms with van der Waals surface area (Å²) in [6.07, 6.45) is 1.04. The maximum atomic E-state index is 12.9. The van der Waals surface area contributed by atoms with Gasteiger partial charge in [-0.3, -0.25) is 0 Å². The number of thiol groups is 1. The van der Waals surface area contributed by atoms with Crippen LogP contribution in [0.3, 0.4) is 0 Å². The van der Waals surface area contributed by atoms with Crippen LogP contribution in [-0.2, 0) is 0 Å². The summed E-state index contributed by atoms with van der Waals surface area (Å²) in [5, 5.41) is 0. The molecule has 1 atom stereocenters. The van der Waals surface area contributed by atoms with E-state index in [0.717, 1.165) is 17.7 Å². The molecule has 0 radical (unpaired) electrons. The van der Waals surface area contributed by atoms with Gasteiger partial charge in [0.2, 0.25) is 0 Å². The molecule has 0 aliphatic carbocycles. The van der Waals surface area contributed by atoms with Gasteiger partial charge in [0.05, 0.1) is 0 Å². The van der Waals surface area contributed by atoms with Crippen molar-refractivity contribution in [1.29, 1.82) is 0 Å². The van der Waals surface area contributed by atoms with Crippen LogP contribution in [0.5, 0.6) is 0 Å². The minimum Gasteiger partial charge on any atom is -0.207 e. The average molecular weight is 198 g/mol. The van der Waals surface area contributed by atoms with E-state index < -0.39 is 0 Å². The van der Waals surface area contributed by atoms with Crippen LogP contribution in [0.4, 0.5) is 4.39 Å². The van der Waals surface area contributed by atoms with Crippen LogP contribution >= 0.6 is 12.6 Å². The third-order valence-electron chi connectivity index (χ3n) is 2.31. The van der Waals surface area contributed by atoms with Crippen molar-refractivity contribution < 1.29 is 4.39 Å². The second-order valence-electron chi connectivity index (χ2n) is 3.42. The SMILES string of the molecule is Cc1cc(C(C)CCS)ccc1F. The fraction of sp³-hybridized carbons (Fsp3) is 0.455. The van der Waals surface area contributed by atoms with Crippen LogP contribution < -0.4 is 0 Å². The Bertz CT molecular complexity index is 283. The van der Waals surface area contributed by atoms with Crippen LogP contribution in [0.25, 0.3) is 0 Å². The molecule has 0 saturated carbocycles. The molecule has 0 fully saturated rings. The zero-order chi connectivity index (χ0) is 9.84. The summed E-state index contributed by atoms with van der Waals surface area (Å²) in [6.45, 7) is 3.94. The van der Waals surface area contributed by atoms with E-state index in [1.165, 1.54) is 5.56 Å². The molecule has 0 bridgehead atoms. The topological polar surface area (TPSA) is 0 Å². The summed E-state index contributed by atoms with van der Waals surface area (Å²) in [5.74, 6) is 1.22. The Morgan fingerprint density at radius 3 is 2.69 bits per heavy atom. The van der Waals surface area contributed by atoms with Crippen LogP contribution in [-0.4, -0.2) is 5.75 Å². The van der Waals surface area contributed by atoms with Crippen LogP contribution in [0.1, 0.15) is 30.4 Å². The van der Waals surface area contributed by atoms with Gasteiger partial charge in [0.15, 0.2) is 0 Å². The number of hydrogen-bond donors (Lipinski definition) is 1. The first-order valence-corrected chi connectivity index (χ1v) is 5.15. The van der Waals surface area contributed by atoms with Crippen LogP contribution in [0, 0.1) is 12.7 Å². The van der Waals surface area contributed by atoms with Gasteiger partial charge in [-0.25, -0.2) is 4.39 Å². The Balaban J connectivity index is 2.84. The second-order valence-corrected chi connectivity index (χ2v) is 3.87. The van der Waals surface area contributed by atoms with Crippen molar-refractivity contribution in [1.82, 2.24) is 0 Å². The summed E-state index contributed by atoms with van der Waals surface area (Å²) in [7, 11) is 0. The third-order valence-corrected chi connectivity index (χ3v) is 2.57. The van der Waals surface area contributed by atoms with Crippen molar-refractivity contribution in [2.24, 2.45) is 0 Å². The van der Waals surface area contributed by atoms with Gasteiger partial charge in [-0.2, -0.15) is 12.6 Å². The van der Waals surface area contributed by atoms with E-state index in [0.29, 0.717) is 5.92 Å². The van der Waals surface area contributed by atoms with E-state index in [4.69, 9.17) is 0 Å². The zero-order valence-electron chi connectivity index (χ0n) is 8.05.